The van der Waals surface area contributed by atoms with Crippen LogP contribution in [-0.2, 0) is 19.2 Å². The quantitative estimate of drug-likeness (QED) is 0.552. The van der Waals surface area contributed by atoms with Crippen LogP contribution in [-0.4, -0.2) is 48.2 Å². The molecule has 8 heteroatoms. The van der Waals surface area contributed by atoms with E-state index in [0.29, 0.717) is 6.54 Å². The molecule has 0 aromatic rings. The average molecular weight is 331 g/mol. The fourth-order valence-corrected chi connectivity index (χ4v) is 1.32. The SMILES string of the molecule is C=CCNC(=O)CNC(=O)CNC(=O)CSC(C)=O.CCC. The van der Waals surface area contributed by atoms with Gasteiger partial charge in [0.2, 0.25) is 17.7 Å². The van der Waals surface area contributed by atoms with Gasteiger partial charge in [-0.2, -0.15) is 0 Å². The monoisotopic (exact) mass is 331 g/mol. The molecule has 0 saturated carbocycles. The zero-order valence-corrected chi connectivity index (χ0v) is 14.2. The van der Waals surface area contributed by atoms with Gasteiger partial charge in [0.1, 0.15) is 0 Å². The molecule has 0 aromatic carbocycles. The van der Waals surface area contributed by atoms with Crippen molar-refractivity contribution in [1.29, 1.82) is 0 Å². The van der Waals surface area contributed by atoms with E-state index >= 15 is 0 Å². The number of amides is 3. The minimum absolute atomic E-state index is 0.0254. The summed E-state index contributed by atoms with van der Waals surface area (Å²) in [4.78, 5) is 44.2. The van der Waals surface area contributed by atoms with Crippen molar-refractivity contribution < 1.29 is 19.2 Å². The summed E-state index contributed by atoms with van der Waals surface area (Å²) in [6.07, 6.45) is 2.77. The molecule has 0 bridgehead atoms. The number of rotatable bonds is 8. The molecule has 0 saturated heterocycles. The van der Waals surface area contributed by atoms with Gasteiger partial charge in [-0.3, -0.25) is 19.2 Å². The number of hydrogen-bond acceptors (Lipinski definition) is 5. The molecule has 126 valence electrons. The number of carbonyl (C=O) groups is 4. The second-order valence-corrected chi connectivity index (χ2v) is 5.29. The first kappa shape index (κ1) is 22.5. The van der Waals surface area contributed by atoms with Crippen molar-refractivity contribution in [3.63, 3.8) is 0 Å². The van der Waals surface area contributed by atoms with Crippen LogP contribution in [0.1, 0.15) is 27.2 Å². The Morgan fingerprint density at radius 2 is 1.41 bits per heavy atom. The average Bonchev–Trinajstić information content (AvgIpc) is 2.47. The second-order valence-electron chi connectivity index (χ2n) is 4.13. The zero-order chi connectivity index (χ0) is 17.4. The van der Waals surface area contributed by atoms with Crippen LogP contribution in [0.2, 0.25) is 0 Å². The number of nitrogens with one attached hydrogen (secondary N) is 3. The Bertz CT molecular complexity index is 386. The van der Waals surface area contributed by atoms with Gasteiger partial charge in [0, 0.05) is 13.5 Å². The first-order valence-corrected chi connectivity index (χ1v) is 7.90. The molecule has 0 radical (unpaired) electrons. The molecule has 0 aliphatic heterocycles. The molecule has 0 atom stereocenters. The Morgan fingerprint density at radius 1 is 0.955 bits per heavy atom. The van der Waals surface area contributed by atoms with Gasteiger partial charge in [-0.25, -0.2) is 0 Å². The summed E-state index contributed by atoms with van der Waals surface area (Å²) in [6.45, 7) is 8.97. The maximum Gasteiger partial charge on any atom is 0.239 e. The summed E-state index contributed by atoms with van der Waals surface area (Å²) in [5, 5.41) is 6.99. The lowest BCUT2D eigenvalue weighted by molar-refractivity contribution is -0.127. The summed E-state index contributed by atoms with van der Waals surface area (Å²) in [5.41, 5.74) is 0. The second kappa shape index (κ2) is 15.6. The van der Waals surface area contributed by atoms with Crippen LogP contribution in [0.3, 0.4) is 0 Å². The van der Waals surface area contributed by atoms with Gasteiger partial charge >= 0.3 is 0 Å². The molecule has 0 spiro atoms. The van der Waals surface area contributed by atoms with Crippen molar-refractivity contribution >= 4 is 34.6 Å². The minimum atomic E-state index is -0.477. The predicted octanol–water partition coefficient (Wildman–Crippen LogP) is 0.217. The van der Waals surface area contributed by atoms with Gasteiger partial charge in [-0.15, -0.1) is 6.58 Å². The van der Waals surface area contributed by atoms with Crippen molar-refractivity contribution in [2.24, 2.45) is 0 Å². The van der Waals surface area contributed by atoms with Crippen LogP contribution in [0.15, 0.2) is 12.7 Å². The highest BCUT2D eigenvalue weighted by molar-refractivity contribution is 8.14. The van der Waals surface area contributed by atoms with Crippen LogP contribution in [0.4, 0.5) is 0 Å². The highest BCUT2D eigenvalue weighted by Gasteiger charge is 2.08. The van der Waals surface area contributed by atoms with Crippen molar-refractivity contribution in [2.75, 3.05) is 25.4 Å². The Hall–Kier alpha value is -1.83. The normalized spacial score (nSPS) is 8.86. The van der Waals surface area contributed by atoms with E-state index in [-0.39, 0.29) is 29.9 Å². The van der Waals surface area contributed by atoms with Gasteiger partial charge in [0.25, 0.3) is 0 Å². The van der Waals surface area contributed by atoms with Crippen LogP contribution in [0.25, 0.3) is 0 Å². The first-order chi connectivity index (χ1) is 10.4. The van der Waals surface area contributed by atoms with E-state index in [9.17, 15) is 19.2 Å². The van der Waals surface area contributed by atoms with Gasteiger partial charge < -0.3 is 16.0 Å². The van der Waals surface area contributed by atoms with Crippen molar-refractivity contribution in [3.05, 3.63) is 12.7 Å². The summed E-state index contributed by atoms with van der Waals surface area (Å²) >= 11 is 0.862. The molecule has 3 N–H and O–H groups in total. The third-order valence-electron chi connectivity index (χ3n) is 1.74. The van der Waals surface area contributed by atoms with E-state index in [1.807, 2.05) is 0 Å². The van der Waals surface area contributed by atoms with E-state index in [1.165, 1.54) is 19.4 Å². The molecule has 0 aromatic heterocycles. The third-order valence-corrected chi connectivity index (χ3v) is 2.56. The number of hydrogen-bond donors (Lipinski definition) is 3. The first-order valence-electron chi connectivity index (χ1n) is 6.91. The van der Waals surface area contributed by atoms with E-state index in [2.05, 4.69) is 36.4 Å². The molecular formula is C14H25N3O4S. The lowest BCUT2D eigenvalue weighted by Gasteiger charge is -2.06. The van der Waals surface area contributed by atoms with E-state index in [0.717, 1.165) is 11.8 Å². The standard InChI is InChI=1S/C11H17N3O4S.C3H8/c1-3-4-12-9(16)5-13-10(17)6-14-11(18)7-19-8(2)15;1-3-2/h3H,1,4-7H2,2H3,(H,12,16)(H,13,17)(H,14,18);3H2,1-2H3. The molecule has 3 amide bonds. The molecule has 0 aliphatic rings. The van der Waals surface area contributed by atoms with E-state index in [1.54, 1.807) is 0 Å². The smallest absolute Gasteiger partial charge is 0.239 e. The third kappa shape index (κ3) is 18.2. The van der Waals surface area contributed by atoms with Gasteiger partial charge in [-0.05, 0) is 0 Å². The number of thioether (sulfide) groups is 1. The zero-order valence-electron chi connectivity index (χ0n) is 13.4. The Kier molecular flexibility index (Phi) is 15.9. The molecule has 22 heavy (non-hydrogen) atoms. The lowest BCUT2D eigenvalue weighted by Crippen LogP contribution is -2.42. The van der Waals surface area contributed by atoms with E-state index < -0.39 is 11.8 Å². The summed E-state index contributed by atoms with van der Waals surface area (Å²) in [6, 6.07) is 0. The topological polar surface area (TPSA) is 104 Å². The maximum absolute atomic E-state index is 11.3. The number of carbonyl (C=O) groups excluding carboxylic acids is 4. The highest BCUT2D eigenvalue weighted by Crippen LogP contribution is 1.98. The molecule has 0 heterocycles. The summed E-state index contributed by atoms with van der Waals surface area (Å²) in [7, 11) is 0. The van der Waals surface area contributed by atoms with Crippen LogP contribution in [0, 0.1) is 0 Å². The van der Waals surface area contributed by atoms with Crippen LogP contribution < -0.4 is 16.0 Å². The molecular weight excluding hydrogens is 306 g/mol. The Labute approximate surface area is 135 Å². The summed E-state index contributed by atoms with van der Waals surface area (Å²) in [5.74, 6) is -1.25. The van der Waals surface area contributed by atoms with Crippen molar-refractivity contribution in [3.8, 4) is 0 Å². The van der Waals surface area contributed by atoms with Crippen LogP contribution >= 0.6 is 11.8 Å². The Morgan fingerprint density at radius 3 is 1.86 bits per heavy atom. The molecule has 7 nitrogen and oxygen atoms in total. The molecule has 0 fully saturated rings. The van der Waals surface area contributed by atoms with Gasteiger partial charge in [0.15, 0.2) is 5.12 Å². The fraction of sp³-hybridized carbons (Fsp3) is 0.571. The maximum atomic E-state index is 11.3. The van der Waals surface area contributed by atoms with Crippen LogP contribution in [0.5, 0.6) is 0 Å². The Balaban J connectivity index is 0. The fourth-order valence-electron chi connectivity index (χ4n) is 0.887. The van der Waals surface area contributed by atoms with Crippen molar-refractivity contribution in [1.82, 2.24) is 16.0 Å². The predicted molar refractivity (Wildman–Crippen MR) is 88.3 cm³/mol. The molecule has 0 aliphatic carbocycles. The van der Waals surface area contributed by atoms with E-state index in [4.69, 9.17) is 0 Å². The molecule has 0 unspecified atom stereocenters. The molecule has 0 rings (SSSR count). The highest BCUT2D eigenvalue weighted by atomic mass is 32.2. The largest absolute Gasteiger partial charge is 0.351 e. The lowest BCUT2D eigenvalue weighted by atomic mass is 10.5. The minimum Gasteiger partial charge on any atom is -0.351 e. The van der Waals surface area contributed by atoms with Gasteiger partial charge in [-0.1, -0.05) is 38.1 Å². The van der Waals surface area contributed by atoms with Gasteiger partial charge in [0.05, 0.1) is 18.8 Å². The summed E-state index contributed by atoms with van der Waals surface area (Å²) < 4.78 is 0. The van der Waals surface area contributed by atoms with Crippen molar-refractivity contribution in [2.45, 2.75) is 27.2 Å².